The van der Waals surface area contributed by atoms with Gasteiger partial charge in [-0.25, -0.2) is 8.78 Å². The molecule has 216 valence electrons. The molecule has 2 N–H and O–H groups in total. The average molecular weight is 591 g/mol. The molecule has 4 heterocycles. The van der Waals surface area contributed by atoms with E-state index in [-0.39, 0.29) is 52.8 Å². The van der Waals surface area contributed by atoms with Crippen LogP contribution in [0.3, 0.4) is 0 Å². The molecule has 10 heteroatoms. The summed E-state index contributed by atoms with van der Waals surface area (Å²) in [6.07, 6.45) is 5.98. The highest BCUT2D eigenvalue weighted by Gasteiger charge is 2.31. The molecule has 0 aliphatic carbocycles. The van der Waals surface area contributed by atoms with Gasteiger partial charge in [0, 0.05) is 42.4 Å². The number of aryl methyl sites for hydroxylation is 1. The summed E-state index contributed by atoms with van der Waals surface area (Å²) in [4.78, 5) is 45.1. The number of nitrogens with zero attached hydrogens (tertiary/aromatic N) is 2. The first-order chi connectivity index (χ1) is 20.2. The SMILES string of the molecule is C[C@@H]1CCC[C@H](N2CCC(c3c(F)ccc(Cl)c3F)=CC2=O)c2cc(ccn2)-c2cc3c(cc2NC1=O)NC(=O)CC3. The molecule has 42 heavy (non-hydrogen) atoms. The number of hydrogen-bond donors (Lipinski definition) is 2. The Morgan fingerprint density at radius 3 is 2.62 bits per heavy atom. The fourth-order valence-electron chi connectivity index (χ4n) is 6.02. The highest BCUT2D eigenvalue weighted by molar-refractivity contribution is 6.31. The van der Waals surface area contributed by atoms with E-state index in [4.69, 9.17) is 11.6 Å². The van der Waals surface area contributed by atoms with Gasteiger partial charge in [0.05, 0.1) is 28.0 Å². The first-order valence-corrected chi connectivity index (χ1v) is 14.5. The molecule has 0 saturated heterocycles. The van der Waals surface area contributed by atoms with E-state index in [1.807, 2.05) is 31.2 Å². The van der Waals surface area contributed by atoms with E-state index in [9.17, 15) is 23.2 Å². The lowest BCUT2D eigenvalue weighted by molar-refractivity contribution is -0.129. The highest BCUT2D eigenvalue weighted by atomic mass is 35.5. The van der Waals surface area contributed by atoms with Gasteiger partial charge in [0.1, 0.15) is 5.82 Å². The molecule has 0 unspecified atom stereocenters. The van der Waals surface area contributed by atoms with Crippen LogP contribution in [0.2, 0.25) is 5.02 Å². The van der Waals surface area contributed by atoms with Crippen molar-refractivity contribution in [1.82, 2.24) is 9.88 Å². The largest absolute Gasteiger partial charge is 0.330 e. The van der Waals surface area contributed by atoms with E-state index in [0.29, 0.717) is 49.2 Å². The van der Waals surface area contributed by atoms with Gasteiger partial charge in [0.2, 0.25) is 17.7 Å². The van der Waals surface area contributed by atoms with Crippen molar-refractivity contribution in [3.63, 3.8) is 0 Å². The van der Waals surface area contributed by atoms with Gasteiger partial charge in [-0.2, -0.15) is 0 Å². The van der Waals surface area contributed by atoms with Crippen molar-refractivity contribution < 1.29 is 23.2 Å². The third kappa shape index (κ3) is 5.29. The molecular weight excluding hydrogens is 562 g/mol. The Bertz CT molecular complexity index is 1660. The van der Waals surface area contributed by atoms with E-state index >= 15 is 0 Å². The fraction of sp³-hybridized carbons (Fsp3) is 0.312. The van der Waals surface area contributed by atoms with E-state index < -0.39 is 17.7 Å². The molecule has 0 saturated carbocycles. The third-order valence-electron chi connectivity index (χ3n) is 8.34. The molecule has 3 aromatic rings. The average Bonchev–Trinajstić information content (AvgIpc) is 2.97. The van der Waals surface area contributed by atoms with Crippen LogP contribution in [0.15, 0.2) is 48.7 Å². The number of carbonyl (C=O) groups is 3. The monoisotopic (exact) mass is 590 g/mol. The van der Waals surface area contributed by atoms with Gasteiger partial charge < -0.3 is 15.5 Å². The van der Waals surface area contributed by atoms with Gasteiger partial charge in [-0.3, -0.25) is 19.4 Å². The van der Waals surface area contributed by atoms with Gasteiger partial charge in [-0.15, -0.1) is 0 Å². The van der Waals surface area contributed by atoms with Crippen molar-refractivity contribution in [2.24, 2.45) is 5.92 Å². The molecule has 1 aromatic heterocycles. The Kier molecular flexibility index (Phi) is 7.53. The molecule has 7 nitrogen and oxygen atoms in total. The Morgan fingerprint density at radius 1 is 0.976 bits per heavy atom. The van der Waals surface area contributed by atoms with Crippen LogP contribution in [0.1, 0.15) is 61.9 Å². The maximum Gasteiger partial charge on any atom is 0.247 e. The van der Waals surface area contributed by atoms with Crippen molar-refractivity contribution in [2.75, 3.05) is 17.2 Å². The zero-order valence-corrected chi connectivity index (χ0v) is 23.7. The Labute approximate surface area is 247 Å². The van der Waals surface area contributed by atoms with Crippen LogP contribution in [-0.4, -0.2) is 34.2 Å². The number of hydrogen-bond acceptors (Lipinski definition) is 4. The molecule has 2 atom stereocenters. The van der Waals surface area contributed by atoms with Gasteiger partial charge in [-0.1, -0.05) is 24.9 Å². The number of amides is 3. The topological polar surface area (TPSA) is 91.4 Å². The van der Waals surface area contributed by atoms with Crippen LogP contribution in [-0.2, 0) is 20.8 Å². The molecule has 3 amide bonds. The van der Waals surface area contributed by atoms with Crippen LogP contribution in [0.25, 0.3) is 16.7 Å². The third-order valence-corrected chi connectivity index (χ3v) is 8.63. The number of halogens is 3. The Morgan fingerprint density at radius 2 is 1.81 bits per heavy atom. The molecule has 3 aliphatic heterocycles. The number of nitrogens with one attached hydrogen (secondary N) is 2. The number of rotatable bonds is 2. The van der Waals surface area contributed by atoms with Crippen molar-refractivity contribution in [1.29, 1.82) is 0 Å². The second kappa shape index (κ2) is 11.3. The first kappa shape index (κ1) is 28.0. The minimum Gasteiger partial charge on any atom is -0.330 e. The number of anilines is 2. The van der Waals surface area contributed by atoms with Gasteiger partial charge >= 0.3 is 0 Å². The van der Waals surface area contributed by atoms with Gasteiger partial charge in [0.25, 0.3) is 0 Å². The lowest BCUT2D eigenvalue weighted by Crippen LogP contribution is -2.38. The molecular formula is C32H29ClF2N4O3. The Hall–Kier alpha value is -4.11. The minimum atomic E-state index is -0.878. The molecule has 2 bridgehead atoms. The standard InChI is InChI=1S/C32H29ClF2N4O3/c1-17-3-2-4-27(39-12-10-20(15-29(39)41)30-23(34)7-6-22(33)31(30)35)26-14-18(9-11-36-26)21-13-19-5-8-28(40)37-24(19)16-25(21)38-32(17)42/h6-7,9,11,13-17,27H,2-5,8,10,12H2,1H3,(H,37,40)(H,38,42)/t17-,27+/m1/s1. The quantitative estimate of drug-likeness (QED) is 0.326. The fourth-order valence-corrected chi connectivity index (χ4v) is 6.18. The van der Waals surface area contributed by atoms with Crippen molar-refractivity contribution in [3.8, 4) is 11.1 Å². The summed E-state index contributed by atoms with van der Waals surface area (Å²) in [5.74, 6) is -2.50. The van der Waals surface area contributed by atoms with Crippen molar-refractivity contribution in [2.45, 2.75) is 51.5 Å². The normalized spacial score (nSPS) is 20.8. The zero-order chi connectivity index (χ0) is 29.5. The van der Waals surface area contributed by atoms with Crippen molar-refractivity contribution in [3.05, 3.63) is 82.1 Å². The second-order valence-electron chi connectivity index (χ2n) is 11.1. The van der Waals surface area contributed by atoms with E-state index in [2.05, 4.69) is 15.6 Å². The lowest BCUT2D eigenvalue weighted by Gasteiger charge is -2.34. The minimum absolute atomic E-state index is 0.0615. The smallest absolute Gasteiger partial charge is 0.247 e. The van der Waals surface area contributed by atoms with E-state index in [1.54, 1.807) is 11.1 Å². The van der Waals surface area contributed by atoms with Crippen LogP contribution >= 0.6 is 11.6 Å². The summed E-state index contributed by atoms with van der Waals surface area (Å²) in [5, 5.41) is 5.76. The number of carbonyl (C=O) groups excluding carboxylic acids is 3. The predicted octanol–water partition coefficient (Wildman–Crippen LogP) is 6.68. The van der Waals surface area contributed by atoms with Crippen LogP contribution in [0.4, 0.5) is 20.2 Å². The molecule has 0 radical (unpaired) electrons. The maximum absolute atomic E-state index is 14.7. The summed E-state index contributed by atoms with van der Waals surface area (Å²) in [6.45, 7) is 2.11. The summed E-state index contributed by atoms with van der Waals surface area (Å²) in [5.41, 5.74) is 4.55. The highest BCUT2D eigenvalue weighted by Crippen LogP contribution is 2.39. The number of fused-ring (bicyclic) bond motifs is 5. The first-order valence-electron chi connectivity index (χ1n) is 14.1. The van der Waals surface area contributed by atoms with E-state index in [0.717, 1.165) is 28.8 Å². The van der Waals surface area contributed by atoms with Crippen molar-refractivity contribution >= 4 is 46.3 Å². The summed E-state index contributed by atoms with van der Waals surface area (Å²) < 4.78 is 29.3. The van der Waals surface area contributed by atoms with E-state index in [1.165, 1.54) is 6.08 Å². The summed E-state index contributed by atoms with van der Waals surface area (Å²) in [7, 11) is 0. The second-order valence-corrected chi connectivity index (χ2v) is 11.5. The van der Waals surface area contributed by atoms with Crippen LogP contribution < -0.4 is 10.6 Å². The predicted molar refractivity (Wildman–Crippen MR) is 157 cm³/mol. The number of pyridine rings is 1. The number of benzene rings is 2. The molecule has 0 fully saturated rings. The zero-order valence-electron chi connectivity index (χ0n) is 23.0. The van der Waals surface area contributed by atoms with Crippen LogP contribution in [0, 0.1) is 17.6 Å². The van der Waals surface area contributed by atoms with Crippen LogP contribution in [0.5, 0.6) is 0 Å². The Balaban J connectivity index is 1.40. The lowest BCUT2D eigenvalue weighted by atomic mass is 9.91. The molecule has 6 rings (SSSR count). The maximum atomic E-state index is 14.7. The number of aromatic nitrogens is 1. The van der Waals surface area contributed by atoms with Gasteiger partial charge in [0.15, 0.2) is 5.82 Å². The molecule has 2 aromatic carbocycles. The molecule has 0 spiro atoms. The summed E-state index contributed by atoms with van der Waals surface area (Å²) >= 11 is 5.90. The molecule has 3 aliphatic rings. The summed E-state index contributed by atoms with van der Waals surface area (Å²) in [6, 6.07) is 9.43. The van der Waals surface area contributed by atoms with Gasteiger partial charge in [-0.05, 0) is 78.8 Å².